The third kappa shape index (κ3) is 2.39. The van der Waals surface area contributed by atoms with Crippen molar-refractivity contribution in [3.05, 3.63) is 17.3 Å². The lowest BCUT2D eigenvalue weighted by Gasteiger charge is -2.08. The number of carbonyl (C=O) groups excluding carboxylic acids is 1. The van der Waals surface area contributed by atoms with Crippen LogP contribution in [0, 0.1) is 5.92 Å². The minimum absolute atomic E-state index is 0.158. The van der Waals surface area contributed by atoms with Crippen molar-refractivity contribution in [2.75, 3.05) is 25.5 Å². The maximum absolute atomic E-state index is 12.1. The van der Waals surface area contributed by atoms with Crippen LogP contribution in [-0.4, -0.2) is 35.6 Å². The van der Waals surface area contributed by atoms with E-state index in [0.717, 1.165) is 13.0 Å². The molecule has 2 aromatic rings. The van der Waals surface area contributed by atoms with Crippen LogP contribution in [0.3, 0.4) is 0 Å². The molecule has 0 radical (unpaired) electrons. The topological polar surface area (TPSA) is 90.1 Å². The van der Waals surface area contributed by atoms with Crippen LogP contribution < -0.4 is 11.1 Å². The van der Waals surface area contributed by atoms with Crippen LogP contribution in [-0.2, 0) is 4.74 Å². The Labute approximate surface area is 114 Å². The third-order valence-corrected chi connectivity index (χ3v) is 4.25. The maximum Gasteiger partial charge on any atom is 0.263 e. The normalized spacial score (nSPS) is 18.8. The number of nitrogen functional groups attached to an aromatic ring is 1. The molecule has 0 bridgehead atoms. The molecule has 1 aliphatic heterocycles. The Morgan fingerprint density at radius 1 is 1.53 bits per heavy atom. The molecule has 100 valence electrons. The average Bonchev–Trinajstić information content (AvgIpc) is 3.05. The lowest BCUT2D eigenvalue weighted by atomic mass is 10.1. The Bertz CT molecular complexity index is 607. The van der Waals surface area contributed by atoms with E-state index in [9.17, 15) is 4.79 Å². The highest BCUT2D eigenvalue weighted by Gasteiger charge is 2.20. The molecule has 0 aromatic carbocycles. The van der Waals surface area contributed by atoms with Crippen LogP contribution in [0.4, 0.5) is 5.69 Å². The first-order valence-corrected chi connectivity index (χ1v) is 6.92. The second kappa shape index (κ2) is 5.10. The first-order valence-electron chi connectivity index (χ1n) is 6.10. The van der Waals surface area contributed by atoms with E-state index in [4.69, 9.17) is 10.5 Å². The largest absolute Gasteiger partial charge is 0.396 e. The molecule has 19 heavy (non-hydrogen) atoms. The van der Waals surface area contributed by atoms with E-state index in [1.807, 2.05) is 0 Å². The first-order chi connectivity index (χ1) is 9.25. The molecule has 7 heteroatoms. The minimum atomic E-state index is -0.158. The van der Waals surface area contributed by atoms with Crippen molar-refractivity contribution in [2.24, 2.45) is 5.92 Å². The van der Waals surface area contributed by atoms with Gasteiger partial charge in [0.1, 0.15) is 15.2 Å². The number of rotatable bonds is 3. The lowest BCUT2D eigenvalue weighted by Crippen LogP contribution is -2.29. The molecule has 3 rings (SSSR count). The molecule has 1 saturated heterocycles. The summed E-state index contributed by atoms with van der Waals surface area (Å²) in [5, 5.41) is 2.90. The van der Waals surface area contributed by atoms with Gasteiger partial charge in [0.05, 0.1) is 12.3 Å². The minimum Gasteiger partial charge on any atom is -0.396 e. The number of fused-ring (bicyclic) bond motifs is 1. The molecule has 2 aromatic heterocycles. The highest BCUT2D eigenvalue weighted by molar-refractivity contribution is 7.21. The third-order valence-electron chi connectivity index (χ3n) is 3.14. The van der Waals surface area contributed by atoms with Gasteiger partial charge in [0.15, 0.2) is 0 Å². The van der Waals surface area contributed by atoms with Crippen LogP contribution in [0.5, 0.6) is 0 Å². The van der Waals surface area contributed by atoms with E-state index in [-0.39, 0.29) is 5.91 Å². The second-order valence-electron chi connectivity index (χ2n) is 4.49. The van der Waals surface area contributed by atoms with E-state index in [1.165, 1.54) is 11.3 Å². The van der Waals surface area contributed by atoms with Crippen molar-refractivity contribution in [3.8, 4) is 0 Å². The Kier molecular flexibility index (Phi) is 3.31. The quantitative estimate of drug-likeness (QED) is 0.875. The smallest absolute Gasteiger partial charge is 0.263 e. The van der Waals surface area contributed by atoms with Gasteiger partial charge in [0, 0.05) is 31.5 Å². The number of carbonyl (C=O) groups is 1. The zero-order chi connectivity index (χ0) is 13.2. The molecule has 3 heterocycles. The standard InChI is InChI=1S/C12H14N4O2S/c13-8-9-12(15-3-2-14-9)19-10(8)11(17)16-5-7-1-4-18-6-7/h2-3,7H,1,4-6,13H2,(H,16,17). The van der Waals surface area contributed by atoms with Crippen LogP contribution in [0.2, 0.25) is 0 Å². The fraction of sp³-hybridized carbons (Fsp3) is 0.417. The Morgan fingerprint density at radius 2 is 2.37 bits per heavy atom. The predicted octanol–water partition coefficient (Wildman–Crippen LogP) is 1.04. The zero-order valence-corrected chi connectivity index (χ0v) is 11.1. The number of amides is 1. The van der Waals surface area contributed by atoms with Gasteiger partial charge in [-0.15, -0.1) is 11.3 Å². The number of hydrogen-bond donors (Lipinski definition) is 2. The van der Waals surface area contributed by atoms with Gasteiger partial charge in [-0.1, -0.05) is 0 Å². The lowest BCUT2D eigenvalue weighted by molar-refractivity contribution is 0.0950. The van der Waals surface area contributed by atoms with Crippen molar-refractivity contribution in [3.63, 3.8) is 0 Å². The molecular weight excluding hydrogens is 264 g/mol. The molecular formula is C12H14N4O2S. The van der Waals surface area contributed by atoms with E-state index in [0.29, 0.717) is 40.0 Å². The average molecular weight is 278 g/mol. The van der Waals surface area contributed by atoms with E-state index < -0.39 is 0 Å². The fourth-order valence-corrected chi connectivity index (χ4v) is 3.01. The Balaban J connectivity index is 1.75. The summed E-state index contributed by atoms with van der Waals surface area (Å²) < 4.78 is 5.27. The van der Waals surface area contributed by atoms with Crippen molar-refractivity contribution in [1.29, 1.82) is 0 Å². The summed E-state index contributed by atoms with van der Waals surface area (Å²) in [6.07, 6.45) is 4.16. The number of nitrogens with one attached hydrogen (secondary N) is 1. The molecule has 0 aliphatic carbocycles. The molecule has 1 atom stereocenters. The van der Waals surface area contributed by atoms with Gasteiger partial charge >= 0.3 is 0 Å². The van der Waals surface area contributed by atoms with Crippen molar-refractivity contribution in [2.45, 2.75) is 6.42 Å². The summed E-state index contributed by atoms with van der Waals surface area (Å²) in [4.78, 5) is 21.6. The van der Waals surface area contributed by atoms with Gasteiger partial charge in [-0.05, 0) is 6.42 Å². The van der Waals surface area contributed by atoms with Crippen molar-refractivity contribution in [1.82, 2.24) is 15.3 Å². The molecule has 3 N–H and O–H groups in total. The molecule has 1 aliphatic rings. The van der Waals surface area contributed by atoms with Crippen LogP contribution >= 0.6 is 11.3 Å². The summed E-state index contributed by atoms with van der Waals surface area (Å²) >= 11 is 1.27. The molecule has 1 unspecified atom stereocenters. The van der Waals surface area contributed by atoms with Crippen molar-refractivity contribution >= 4 is 33.3 Å². The monoisotopic (exact) mass is 278 g/mol. The fourth-order valence-electron chi connectivity index (χ4n) is 2.07. The van der Waals surface area contributed by atoms with E-state index in [2.05, 4.69) is 15.3 Å². The molecule has 1 amide bonds. The number of hydrogen-bond acceptors (Lipinski definition) is 6. The number of thiophene rings is 1. The summed E-state index contributed by atoms with van der Waals surface area (Å²) in [6.45, 7) is 2.11. The Hall–Kier alpha value is -1.73. The highest BCUT2D eigenvalue weighted by atomic mass is 32.1. The van der Waals surface area contributed by atoms with Crippen LogP contribution in [0.25, 0.3) is 10.3 Å². The molecule has 0 saturated carbocycles. The second-order valence-corrected chi connectivity index (χ2v) is 5.49. The molecule has 6 nitrogen and oxygen atoms in total. The zero-order valence-electron chi connectivity index (χ0n) is 10.3. The highest BCUT2D eigenvalue weighted by Crippen LogP contribution is 2.30. The summed E-state index contributed by atoms with van der Waals surface area (Å²) in [7, 11) is 0. The van der Waals surface area contributed by atoms with Gasteiger partial charge < -0.3 is 15.8 Å². The first kappa shape index (κ1) is 12.3. The predicted molar refractivity (Wildman–Crippen MR) is 73.1 cm³/mol. The Morgan fingerprint density at radius 3 is 3.11 bits per heavy atom. The van der Waals surface area contributed by atoms with Crippen molar-refractivity contribution < 1.29 is 9.53 Å². The number of aromatic nitrogens is 2. The van der Waals surface area contributed by atoms with E-state index >= 15 is 0 Å². The van der Waals surface area contributed by atoms with Gasteiger partial charge in [-0.25, -0.2) is 9.97 Å². The summed E-state index contributed by atoms with van der Waals surface area (Å²) in [5.41, 5.74) is 6.96. The summed E-state index contributed by atoms with van der Waals surface area (Å²) in [6, 6.07) is 0. The van der Waals surface area contributed by atoms with E-state index in [1.54, 1.807) is 12.4 Å². The number of anilines is 1. The van der Waals surface area contributed by atoms with Crippen LogP contribution in [0.1, 0.15) is 16.1 Å². The number of nitrogens with two attached hydrogens (primary N) is 1. The molecule has 0 spiro atoms. The molecule has 1 fully saturated rings. The summed E-state index contributed by atoms with van der Waals surface area (Å²) in [5.74, 6) is 0.241. The number of ether oxygens (including phenoxy) is 1. The van der Waals surface area contributed by atoms with Gasteiger partial charge in [0.25, 0.3) is 5.91 Å². The SMILES string of the molecule is Nc1c(C(=O)NCC2CCOC2)sc2nccnc12. The number of nitrogens with zero attached hydrogens (tertiary/aromatic N) is 2. The van der Waals surface area contributed by atoms with Gasteiger partial charge in [-0.2, -0.15) is 0 Å². The van der Waals surface area contributed by atoms with Gasteiger partial charge in [-0.3, -0.25) is 4.79 Å². The van der Waals surface area contributed by atoms with Gasteiger partial charge in [0.2, 0.25) is 0 Å². The maximum atomic E-state index is 12.1. The van der Waals surface area contributed by atoms with Crippen LogP contribution in [0.15, 0.2) is 12.4 Å².